The van der Waals surface area contributed by atoms with Crippen molar-refractivity contribution in [1.29, 1.82) is 0 Å². The van der Waals surface area contributed by atoms with Crippen molar-refractivity contribution in [2.75, 3.05) is 33.3 Å². The lowest BCUT2D eigenvalue weighted by atomic mass is 10.1. The molecule has 0 aliphatic carbocycles. The summed E-state index contributed by atoms with van der Waals surface area (Å²) in [5.41, 5.74) is 2.88. The number of amides is 2. The summed E-state index contributed by atoms with van der Waals surface area (Å²) in [6, 6.07) is 20.7. The van der Waals surface area contributed by atoms with Crippen LogP contribution in [0.2, 0.25) is 0 Å². The second-order valence-electron chi connectivity index (χ2n) is 7.86. The van der Waals surface area contributed by atoms with Crippen molar-refractivity contribution < 1.29 is 14.3 Å². The van der Waals surface area contributed by atoms with Crippen LogP contribution in [0.4, 0.5) is 0 Å². The lowest BCUT2D eigenvalue weighted by molar-refractivity contribution is 0.0536. The highest BCUT2D eigenvalue weighted by molar-refractivity contribution is 7.13. The molecule has 0 saturated carbocycles. The lowest BCUT2D eigenvalue weighted by Crippen LogP contribution is -2.50. The number of ether oxygens (including phenoxy) is 1. The number of thiophene rings is 1. The van der Waals surface area contributed by atoms with Gasteiger partial charge in [-0.2, -0.15) is 0 Å². The van der Waals surface area contributed by atoms with Gasteiger partial charge in [0.25, 0.3) is 11.8 Å². The van der Waals surface area contributed by atoms with Crippen LogP contribution in [0.25, 0.3) is 21.5 Å². The Morgan fingerprint density at radius 2 is 1.58 bits per heavy atom. The van der Waals surface area contributed by atoms with Crippen molar-refractivity contribution >= 4 is 34.1 Å². The molecule has 2 amide bonds. The van der Waals surface area contributed by atoms with E-state index in [1.54, 1.807) is 47.6 Å². The summed E-state index contributed by atoms with van der Waals surface area (Å²) in [6.07, 6.45) is 0. The van der Waals surface area contributed by atoms with Crippen LogP contribution in [0.15, 0.2) is 72.1 Å². The van der Waals surface area contributed by atoms with Crippen molar-refractivity contribution in [3.8, 4) is 16.3 Å². The van der Waals surface area contributed by atoms with Crippen LogP contribution in [0.5, 0.6) is 5.75 Å². The van der Waals surface area contributed by atoms with Crippen LogP contribution in [0, 0.1) is 0 Å². The smallest absolute Gasteiger partial charge is 0.254 e. The Morgan fingerprint density at radius 3 is 2.24 bits per heavy atom. The zero-order chi connectivity index (χ0) is 22.8. The normalized spacial score (nSPS) is 13.8. The highest BCUT2D eigenvalue weighted by Crippen LogP contribution is 2.29. The van der Waals surface area contributed by atoms with E-state index in [1.807, 2.05) is 52.7 Å². The lowest BCUT2D eigenvalue weighted by Gasteiger charge is -2.35. The Morgan fingerprint density at radius 1 is 0.879 bits per heavy atom. The van der Waals surface area contributed by atoms with Gasteiger partial charge in [-0.3, -0.25) is 9.59 Å². The van der Waals surface area contributed by atoms with Gasteiger partial charge >= 0.3 is 0 Å². The molecule has 1 saturated heterocycles. The minimum absolute atomic E-state index is 0.0250. The summed E-state index contributed by atoms with van der Waals surface area (Å²) in [7, 11) is 1.60. The van der Waals surface area contributed by atoms with E-state index in [0.29, 0.717) is 43.1 Å². The monoisotopic (exact) mass is 457 g/mol. The number of benzene rings is 2. The summed E-state index contributed by atoms with van der Waals surface area (Å²) in [4.78, 5) is 35.8. The molecule has 2 aromatic carbocycles. The maximum Gasteiger partial charge on any atom is 0.254 e. The fraction of sp³-hybridized carbons (Fsp3) is 0.192. The van der Waals surface area contributed by atoms with Gasteiger partial charge in [0.1, 0.15) is 5.75 Å². The van der Waals surface area contributed by atoms with Crippen molar-refractivity contribution in [2.24, 2.45) is 0 Å². The van der Waals surface area contributed by atoms with Gasteiger partial charge in [0.15, 0.2) is 0 Å². The molecule has 1 aliphatic rings. The summed E-state index contributed by atoms with van der Waals surface area (Å²) in [5.74, 6) is 0.663. The number of aromatic nitrogens is 1. The van der Waals surface area contributed by atoms with Crippen LogP contribution in [0.3, 0.4) is 0 Å². The summed E-state index contributed by atoms with van der Waals surface area (Å²) < 4.78 is 5.17. The number of hydrogen-bond donors (Lipinski definition) is 0. The first-order chi connectivity index (χ1) is 16.1. The van der Waals surface area contributed by atoms with Crippen LogP contribution < -0.4 is 4.74 Å². The molecular weight excluding hydrogens is 434 g/mol. The third-order valence-corrected chi connectivity index (χ3v) is 6.80. The van der Waals surface area contributed by atoms with Gasteiger partial charge in [-0.25, -0.2) is 4.98 Å². The average Bonchev–Trinajstić information content (AvgIpc) is 3.42. The van der Waals surface area contributed by atoms with Gasteiger partial charge < -0.3 is 14.5 Å². The Kier molecular flexibility index (Phi) is 5.79. The molecule has 0 unspecified atom stereocenters. The first kappa shape index (κ1) is 21.2. The SMILES string of the molecule is COc1ccc(C(=O)N2CCN(C(=O)c3cc(-c4cccs4)nc4ccccc34)CC2)cc1. The third kappa shape index (κ3) is 4.19. The summed E-state index contributed by atoms with van der Waals surface area (Å²) in [6.45, 7) is 1.98. The Bertz CT molecular complexity index is 1290. The van der Waals surface area contributed by atoms with Crippen LogP contribution >= 0.6 is 11.3 Å². The topological polar surface area (TPSA) is 62.7 Å². The number of hydrogen-bond acceptors (Lipinski definition) is 5. The van der Waals surface area contributed by atoms with E-state index in [1.165, 1.54) is 0 Å². The summed E-state index contributed by atoms with van der Waals surface area (Å²) >= 11 is 1.60. The molecule has 1 fully saturated rings. The van der Waals surface area contributed by atoms with E-state index in [9.17, 15) is 9.59 Å². The van der Waals surface area contributed by atoms with Gasteiger partial charge in [0.2, 0.25) is 0 Å². The van der Waals surface area contributed by atoms with Gasteiger partial charge in [-0.1, -0.05) is 24.3 Å². The van der Waals surface area contributed by atoms with Crippen LogP contribution in [-0.2, 0) is 0 Å². The zero-order valence-electron chi connectivity index (χ0n) is 18.2. The molecule has 1 aliphatic heterocycles. The molecule has 2 aromatic heterocycles. The Labute approximate surface area is 196 Å². The molecule has 3 heterocycles. The van der Waals surface area contributed by atoms with E-state index < -0.39 is 0 Å². The molecule has 6 nitrogen and oxygen atoms in total. The number of piperazine rings is 1. The quantitative estimate of drug-likeness (QED) is 0.450. The van der Waals surface area contributed by atoms with E-state index in [2.05, 4.69) is 0 Å². The predicted molar refractivity (Wildman–Crippen MR) is 130 cm³/mol. The number of carbonyl (C=O) groups excluding carboxylic acids is 2. The van der Waals surface area contributed by atoms with Gasteiger partial charge in [-0.15, -0.1) is 11.3 Å². The molecule has 0 bridgehead atoms. The van der Waals surface area contributed by atoms with E-state index in [0.717, 1.165) is 21.5 Å². The Hall–Kier alpha value is -3.71. The van der Waals surface area contributed by atoms with Crippen molar-refractivity contribution in [3.05, 3.63) is 83.2 Å². The number of rotatable bonds is 4. The minimum atomic E-state index is -0.0286. The zero-order valence-corrected chi connectivity index (χ0v) is 19.0. The first-order valence-electron chi connectivity index (χ1n) is 10.8. The van der Waals surface area contributed by atoms with Gasteiger partial charge in [0.05, 0.1) is 28.8 Å². The standard InChI is InChI=1S/C26H23N3O3S/c1-32-19-10-8-18(9-11-19)25(30)28-12-14-29(15-13-28)26(31)21-17-23(24-7-4-16-33-24)27-22-6-3-2-5-20(21)22/h2-11,16-17H,12-15H2,1H3. The number of para-hydroxylation sites is 1. The highest BCUT2D eigenvalue weighted by Gasteiger charge is 2.27. The van der Waals surface area contributed by atoms with Gasteiger partial charge in [-0.05, 0) is 47.8 Å². The molecule has 0 spiro atoms. The van der Waals surface area contributed by atoms with Crippen molar-refractivity contribution in [1.82, 2.24) is 14.8 Å². The molecule has 5 rings (SSSR count). The minimum Gasteiger partial charge on any atom is -0.497 e. The van der Waals surface area contributed by atoms with Gasteiger partial charge in [0, 0.05) is 37.1 Å². The van der Waals surface area contributed by atoms with Crippen LogP contribution in [0.1, 0.15) is 20.7 Å². The maximum atomic E-state index is 13.5. The fourth-order valence-corrected chi connectivity index (χ4v) is 4.79. The van der Waals surface area contributed by atoms with E-state index in [4.69, 9.17) is 9.72 Å². The Balaban J connectivity index is 1.35. The second-order valence-corrected chi connectivity index (χ2v) is 8.81. The number of methoxy groups -OCH3 is 1. The molecule has 4 aromatic rings. The molecular formula is C26H23N3O3S. The molecule has 0 atom stereocenters. The average molecular weight is 458 g/mol. The summed E-state index contributed by atoms with van der Waals surface area (Å²) in [5, 5.41) is 2.85. The number of carbonyl (C=O) groups is 2. The largest absolute Gasteiger partial charge is 0.497 e. The van der Waals surface area contributed by atoms with E-state index in [-0.39, 0.29) is 11.8 Å². The maximum absolute atomic E-state index is 13.5. The van der Waals surface area contributed by atoms with Crippen LogP contribution in [-0.4, -0.2) is 59.9 Å². The first-order valence-corrected chi connectivity index (χ1v) is 11.7. The number of pyridine rings is 1. The van der Waals surface area contributed by atoms with Crippen molar-refractivity contribution in [3.63, 3.8) is 0 Å². The van der Waals surface area contributed by atoms with E-state index >= 15 is 0 Å². The molecule has 0 radical (unpaired) electrons. The second kappa shape index (κ2) is 9.03. The molecule has 7 heteroatoms. The fourth-order valence-electron chi connectivity index (χ4n) is 4.10. The van der Waals surface area contributed by atoms with Crippen molar-refractivity contribution in [2.45, 2.75) is 0 Å². The number of nitrogens with zero attached hydrogens (tertiary/aromatic N) is 3. The number of fused-ring (bicyclic) bond motifs is 1. The predicted octanol–water partition coefficient (Wildman–Crippen LogP) is 4.57. The molecule has 0 N–H and O–H groups in total. The molecule has 166 valence electrons. The molecule has 33 heavy (non-hydrogen) atoms. The highest BCUT2D eigenvalue weighted by atomic mass is 32.1. The third-order valence-electron chi connectivity index (χ3n) is 5.91.